The third kappa shape index (κ3) is 2.33. The number of allylic oxidation sites excluding steroid dienone is 1. The quantitative estimate of drug-likeness (QED) is 0.639. The van der Waals surface area contributed by atoms with Crippen molar-refractivity contribution >= 4 is 40.7 Å². The lowest BCUT2D eigenvalue weighted by molar-refractivity contribution is -0.120. The van der Waals surface area contributed by atoms with Gasteiger partial charge in [-0.2, -0.15) is 0 Å². The number of rotatable bonds is 1. The zero-order valence-corrected chi connectivity index (χ0v) is 11.8. The van der Waals surface area contributed by atoms with E-state index in [1.165, 1.54) is 12.1 Å². The molecule has 0 saturated carbocycles. The Morgan fingerprint density at radius 3 is 2.37 bits per heavy atom. The maximum Gasteiger partial charge on any atom is 0.261 e. The van der Waals surface area contributed by atoms with Crippen molar-refractivity contribution < 1.29 is 14.7 Å². The van der Waals surface area contributed by atoms with Gasteiger partial charge in [0, 0.05) is 11.6 Å². The summed E-state index contributed by atoms with van der Waals surface area (Å²) in [7, 11) is 0. The van der Waals surface area contributed by atoms with E-state index in [1.807, 2.05) is 0 Å². The summed E-state index contributed by atoms with van der Waals surface area (Å²) in [5.74, 6) is -1.01. The highest BCUT2D eigenvalue weighted by molar-refractivity contribution is 6.39. The van der Waals surface area contributed by atoms with E-state index in [4.69, 9.17) is 23.2 Å². The number of carbonyl (C=O) groups excluding carboxylic acids is 2. The molecule has 0 radical (unpaired) electrons. The van der Waals surface area contributed by atoms with Crippen molar-refractivity contribution in [2.24, 2.45) is 0 Å². The topological polar surface area (TPSA) is 57.6 Å². The zero-order chi connectivity index (χ0) is 14.3. The van der Waals surface area contributed by atoms with Crippen LogP contribution in [0.15, 0.2) is 23.3 Å². The molecule has 100 valence electrons. The van der Waals surface area contributed by atoms with Crippen molar-refractivity contribution in [2.45, 2.75) is 20.3 Å². The second-order valence-corrected chi connectivity index (χ2v) is 5.26. The van der Waals surface area contributed by atoms with E-state index < -0.39 is 5.91 Å². The molecule has 1 aliphatic heterocycles. The van der Waals surface area contributed by atoms with E-state index in [9.17, 15) is 14.7 Å². The first kappa shape index (κ1) is 13.9. The van der Waals surface area contributed by atoms with Crippen LogP contribution in [0.5, 0.6) is 5.75 Å². The summed E-state index contributed by atoms with van der Waals surface area (Å²) in [6.45, 7) is 3.54. The van der Waals surface area contributed by atoms with Crippen LogP contribution < -0.4 is 4.90 Å². The molecule has 0 aromatic heterocycles. The molecule has 0 atom stereocenters. The molecular formula is C13H11Cl2NO3. The molecule has 0 bridgehead atoms. The summed E-state index contributed by atoms with van der Waals surface area (Å²) < 4.78 is 0. The van der Waals surface area contributed by atoms with Crippen LogP contribution in [-0.2, 0) is 9.59 Å². The van der Waals surface area contributed by atoms with Crippen molar-refractivity contribution in [3.05, 3.63) is 33.3 Å². The summed E-state index contributed by atoms with van der Waals surface area (Å²) in [4.78, 5) is 25.1. The Morgan fingerprint density at radius 1 is 1.21 bits per heavy atom. The lowest BCUT2D eigenvalue weighted by Crippen LogP contribution is -2.29. The summed E-state index contributed by atoms with van der Waals surface area (Å²) in [5, 5.41) is 9.78. The Balaban J connectivity index is 2.55. The first-order chi connectivity index (χ1) is 8.82. The Kier molecular flexibility index (Phi) is 3.56. The molecule has 1 aliphatic rings. The molecule has 2 amide bonds. The predicted octanol–water partition coefficient (Wildman–Crippen LogP) is 3.30. The molecule has 1 fully saturated rings. The number of phenols is 1. The smallest absolute Gasteiger partial charge is 0.261 e. The number of phenolic OH excluding ortho intramolecular Hbond substituents is 1. The molecule has 0 spiro atoms. The van der Waals surface area contributed by atoms with Crippen molar-refractivity contribution in [1.29, 1.82) is 0 Å². The van der Waals surface area contributed by atoms with Gasteiger partial charge in [0.2, 0.25) is 5.91 Å². The molecule has 1 saturated heterocycles. The first-order valence-corrected chi connectivity index (χ1v) is 6.30. The Labute approximate surface area is 120 Å². The zero-order valence-electron chi connectivity index (χ0n) is 10.3. The number of nitrogens with zero attached hydrogens (tertiary/aromatic N) is 1. The Morgan fingerprint density at radius 2 is 1.84 bits per heavy atom. The summed E-state index contributed by atoms with van der Waals surface area (Å²) in [6.07, 6.45) is 0.0425. The van der Waals surface area contributed by atoms with Crippen LogP contribution in [0.1, 0.15) is 20.3 Å². The van der Waals surface area contributed by atoms with Crippen LogP contribution in [-0.4, -0.2) is 16.9 Å². The highest BCUT2D eigenvalue weighted by atomic mass is 35.5. The van der Waals surface area contributed by atoms with Gasteiger partial charge in [0.05, 0.1) is 22.2 Å². The molecule has 4 nitrogen and oxygen atoms in total. The van der Waals surface area contributed by atoms with E-state index in [1.54, 1.807) is 13.8 Å². The van der Waals surface area contributed by atoms with E-state index in [0.29, 0.717) is 5.57 Å². The molecule has 6 heteroatoms. The maximum absolute atomic E-state index is 12.2. The fourth-order valence-electron chi connectivity index (χ4n) is 1.89. The van der Waals surface area contributed by atoms with E-state index in [-0.39, 0.29) is 33.8 Å². The van der Waals surface area contributed by atoms with Gasteiger partial charge >= 0.3 is 0 Å². The fourth-order valence-corrected chi connectivity index (χ4v) is 2.35. The highest BCUT2D eigenvalue weighted by Gasteiger charge is 2.36. The number of hydrogen-bond donors (Lipinski definition) is 1. The summed E-state index contributed by atoms with van der Waals surface area (Å²) in [6, 6.07) is 2.52. The number of benzene rings is 1. The summed E-state index contributed by atoms with van der Waals surface area (Å²) >= 11 is 11.7. The predicted molar refractivity (Wildman–Crippen MR) is 73.6 cm³/mol. The van der Waals surface area contributed by atoms with Crippen molar-refractivity contribution in [1.82, 2.24) is 0 Å². The summed E-state index contributed by atoms with van der Waals surface area (Å²) in [5.41, 5.74) is 1.39. The van der Waals surface area contributed by atoms with Gasteiger partial charge in [0.25, 0.3) is 5.91 Å². The van der Waals surface area contributed by atoms with E-state index in [0.717, 1.165) is 10.5 Å². The molecular weight excluding hydrogens is 289 g/mol. The van der Waals surface area contributed by atoms with Crippen molar-refractivity contribution in [3.8, 4) is 5.75 Å². The molecule has 2 rings (SSSR count). The molecule has 0 aliphatic carbocycles. The van der Waals surface area contributed by atoms with E-state index in [2.05, 4.69) is 0 Å². The lowest BCUT2D eigenvalue weighted by Gasteiger charge is -2.16. The van der Waals surface area contributed by atoms with E-state index >= 15 is 0 Å². The van der Waals surface area contributed by atoms with Crippen LogP contribution in [0.25, 0.3) is 0 Å². The monoisotopic (exact) mass is 299 g/mol. The maximum atomic E-state index is 12.2. The molecule has 1 N–H and O–H groups in total. The average Bonchev–Trinajstić information content (AvgIpc) is 2.60. The second-order valence-electron chi connectivity index (χ2n) is 4.44. The number of imide groups is 1. The Hall–Kier alpha value is -1.52. The minimum atomic E-state index is -0.409. The van der Waals surface area contributed by atoms with Gasteiger partial charge in [0.15, 0.2) is 0 Å². The highest BCUT2D eigenvalue weighted by Crippen LogP contribution is 2.38. The van der Waals surface area contributed by atoms with Gasteiger partial charge in [-0.1, -0.05) is 28.8 Å². The number of anilines is 1. The average molecular weight is 300 g/mol. The van der Waals surface area contributed by atoms with Crippen LogP contribution in [0.3, 0.4) is 0 Å². The van der Waals surface area contributed by atoms with Gasteiger partial charge in [-0.3, -0.25) is 9.59 Å². The number of amides is 2. The number of carbonyl (C=O) groups is 2. The molecule has 19 heavy (non-hydrogen) atoms. The minimum absolute atomic E-state index is 0.0425. The lowest BCUT2D eigenvalue weighted by atomic mass is 10.1. The third-order valence-corrected chi connectivity index (χ3v) is 3.50. The number of halogens is 2. The van der Waals surface area contributed by atoms with Crippen molar-refractivity contribution in [2.75, 3.05) is 4.90 Å². The van der Waals surface area contributed by atoms with Gasteiger partial charge < -0.3 is 5.11 Å². The Bertz CT molecular complexity index is 619. The number of hydrogen-bond acceptors (Lipinski definition) is 3. The molecule has 1 aromatic rings. The SMILES string of the molecule is CC(C)=C1CC(=O)N(c2cc(O)c(Cl)cc2Cl)C1=O. The van der Waals surface area contributed by atoms with Crippen LogP contribution in [0.4, 0.5) is 5.69 Å². The van der Waals surface area contributed by atoms with Gasteiger partial charge in [0.1, 0.15) is 5.75 Å². The molecule has 0 unspecified atom stereocenters. The fraction of sp³-hybridized carbons (Fsp3) is 0.231. The second kappa shape index (κ2) is 4.87. The van der Waals surface area contributed by atoms with Crippen LogP contribution in [0.2, 0.25) is 10.0 Å². The number of aromatic hydroxyl groups is 1. The van der Waals surface area contributed by atoms with Gasteiger partial charge in [-0.15, -0.1) is 0 Å². The molecule has 1 heterocycles. The minimum Gasteiger partial charge on any atom is -0.506 e. The normalized spacial score (nSPS) is 15.4. The van der Waals surface area contributed by atoms with Gasteiger partial charge in [-0.05, 0) is 19.9 Å². The largest absolute Gasteiger partial charge is 0.506 e. The standard InChI is InChI=1S/C13H11Cl2NO3/c1-6(2)7-3-12(18)16(13(7)19)10-5-11(17)9(15)4-8(10)14/h4-5,17H,3H2,1-2H3. The third-order valence-electron chi connectivity index (χ3n) is 2.90. The van der Waals surface area contributed by atoms with Crippen LogP contribution in [0, 0.1) is 0 Å². The molecule has 1 aromatic carbocycles. The van der Waals surface area contributed by atoms with Crippen molar-refractivity contribution in [3.63, 3.8) is 0 Å². The first-order valence-electron chi connectivity index (χ1n) is 5.54. The van der Waals surface area contributed by atoms with Crippen LogP contribution >= 0.6 is 23.2 Å². The van der Waals surface area contributed by atoms with Gasteiger partial charge in [-0.25, -0.2) is 4.90 Å².